The molecular weight excluding hydrogens is 252 g/mol. The molecule has 0 fully saturated rings. The van der Waals surface area contributed by atoms with Crippen LogP contribution in [0.4, 0.5) is 8.78 Å². The summed E-state index contributed by atoms with van der Waals surface area (Å²) in [6.45, 7) is 0. The van der Waals surface area contributed by atoms with Gasteiger partial charge in [-0.2, -0.15) is 0 Å². The van der Waals surface area contributed by atoms with E-state index < -0.39 is 18.4 Å². The molecule has 96 valence electrons. The molecule has 0 saturated carbocycles. The first-order valence-corrected chi connectivity index (χ1v) is 4.75. The Morgan fingerprint density at radius 3 is 2.53 bits per heavy atom. The normalized spacial score (nSPS) is 11.8. The summed E-state index contributed by atoms with van der Waals surface area (Å²) in [6.07, 6.45) is -2.52. The van der Waals surface area contributed by atoms with E-state index in [1.54, 1.807) is 6.07 Å². The number of rotatable bonds is 4. The predicted molar refractivity (Wildman–Crippen MR) is 62.3 cm³/mol. The van der Waals surface area contributed by atoms with E-state index in [1.165, 1.54) is 25.3 Å². The van der Waals surface area contributed by atoms with Crippen molar-refractivity contribution < 1.29 is 18.3 Å². The van der Waals surface area contributed by atoms with Gasteiger partial charge in [-0.1, -0.05) is 24.3 Å². The highest BCUT2D eigenvalue weighted by Crippen LogP contribution is 2.23. The molecule has 0 aliphatic heterocycles. The van der Waals surface area contributed by atoms with Crippen molar-refractivity contribution in [2.24, 2.45) is 5.73 Å². The molecule has 1 aromatic carbocycles. The summed E-state index contributed by atoms with van der Waals surface area (Å²) in [5, 5.41) is 0. The lowest BCUT2D eigenvalue weighted by molar-refractivity contribution is -0.142. The molecule has 3 nitrogen and oxygen atoms in total. The smallest absolute Gasteiger partial charge is 0.322 e. The van der Waals surface area contributed by atoms with Crippen molar-refractivity contribution in [3.63, 3.8) is 0 Å². The molecule has 1 unspecified atom stereocenters. The van der Waals surface area contributed by atoms with Gasteiger partial charge in [-0.05, 0) is 12.0 Å². The Bertz CT molecular complexity index is 374. The van der Waals surface area contributed by atoms with Gasteiger partial charge in [0, 0.05) is 5.56 Å². The molecule has 0 aliphatic rings. The number of halogens is 3. The first-order valence-electron chi connectivity index (χ1n) is 4.75. The fourth-order valence-electron chi connectivity index (χ4n) is 1.40. The van der Waals surface area contributed by atoms with Crippen molar-refractivity contribution in [3.05, 3.63) is 35.4 Å². The molecule has 0 aliphatic carbocycles. The van der Waals surface area contributed by atoms with Crippen molar-refractivity contribution >= 4 is 18.4 Å². The quantitative estimate of drug-likeness (QED) is 0.848. The highest BCUT2D eigenvalue weighted by Gasteiger charge is 2.18. The molecule has 1 rings (SSSR count). The Morgan fingerprint density at radius 2 is 2.00 bits per heavy atom. The molecule has 0 saturated heterocycles. The first-order chi connectivity index (χ1) is 7.56. The second-order valence-corrected chi connectivity index (χ2v) is 3.33. The number of hydrogen-bond donors (Lipinski definition) is 1. The Kier molecular flexibility index (Phi) is 6.68. The van der Waals surface area contributed by atoms with Crippen molar-refractivity contribution in [2.75, 3.05) is 7.11 Å². The number of hydrogen-bond acceptors (Lipinski definition) is 3. The topological polar surface area (TPSA) is 52.3 Å². The van der Waals surface area contributed by atoms with Crippen molar-refractivity contribution in [1.82, 2.24) is 0 Å². The highest BCUT2D eigenvalue weighted by molar-refractivity contribution is 5.85. The lowest BCUT2D eigenvalue weighted by Crippen LogP contribution is -2.33. The van der Waals surface area contributed by atoms with E-state index in [4.69, 9.17) is 5.73 Å². The standard InChI is InChI=1S/C11H13F2NO2.ClH/c1-16-11(15)9(14)6-7-4-2-3-5-8(7)10(12)13;/h2-5,9-10H,6,14H2,1H3;1H. The molecule has 1 atom stereocenters. The van der Waals surface area contributed by atoms with Crippen LogP contribution in [-0.4, -0.2) is 19.1 Å². The summed E-state index contributed by atoms with van der Waals surface area (Å²) >= 11 is 0. The van der Waals surface area contributed by atoms with E-state index in [9.17, 15) is 13.6 Å². The summed E-state index contributed by atoms with van der Waals surface area (Å²) in [4.78, 5) is 11.1. The third-order valence-electron chi connectivity index (χ3n) is 2.23. The van der Waals surface area contributed by atoms with Gasteiger partial charge < -0.3 is 10.5 Å². The fraction of sp³-hybridized carbons (Fsp3) is 0.364. The lowest BCUT2D eigenvalue weighted by Gasteiger charge is -2.12. The monoisotopic (exact) mass is 265 g/mol. The number of esters is 1. The fourth-order valence-corrected chi connectivity index (χ4v) is 1.40. The molecule has 0 radical (unpaired) electrons. The minimum atomic E-state index is -2.57. The Morgan fingerprint density at radius 1 is 1.41 bits per heavy atom. The molecule has 1 aromatic rings. The van der Waals surface area contributed by atoms with Crippen molar-refractivity contribution in [2.45, 2.75) is 18.9 Å². The molecule has 0 amide bonds. The predicted octanol–water partition coefficient (Wildman–Crippen LogP) is 2.09. The van der Waals surface area contributed by atoms with Crippen LogP contribution in [0.5, 0.6) is 0 Å². The first kappa shape index (κ1) is 15.8. The molecule has 17 heavy (non-hydrogen) atoms. The van der Waals surface area contributed by atoms with E-state index in [1.807, 2.05) is 0 Å². The third-order valence-corrected chi connectivity index (χ3v) is 2.23. The third kappa shape index (κ3) is 4.28. The van der Waals surface area contributed by atoms with Gasteiger partial charge in [0.1, 0.15) is 6.04 Å². The van der Waals surface area contributed by atoms with Gasteiger partial charge in [0.05, 0.1) is 7.11 Å². The maximum Gasteiger partial charge on any atom is 0.322 e. The zero-order valence-corrected chi connectivity index (χ0v) is 10.0. The molecule has 0 bridgehead atoms. The Labute approximate surface area is 104 Å². The van der Waals surface area contributed by atoms with E-state index in [0.717, 1.165) is 0 Å². The minimum Gasteiger partial charge on any atom is -0.468 e. The second-order valence-electron chi connectivity index (χ2n) is 3.33. The number of ether oxygens (including phenoxy) is 1. The van der Waals surface area contributed by atoms with Crippen LogP contribution in [0, 0.1) is 0 Å². The van der Waals surface area contributed by atoms with Crippen LogP contribution in [0.1, 0.15) is 17.6 Å². The van der Waals surface area contributed by atoms with Gasteiger partial charge in [-0.15, -0.1) is 12.4 Å². The van der Waals surface area contributed by atoms with Crippen LogP contribution in [0.25, 0.3) is 0 Å². The van der Waals surface area contributed by atoms with E-state index in [-0.39, 0.29) is 24.4 Å². The van der Waals surface area contributed by atoms with Gasteiger partial charge in [-0.3, -0.25) is 4.79 Å². The van der Waals surface area contributed by atoms with E-state index in [0.29, 0.717) is 5.56 Å². The average molecular weight is 266 g/mol. The number of alkyl halides is 2. The second kappa shape index (κ2) is 7.19. The van der Waals surface area contributed by atoms with Gasteiger partial charge in [0.15, 0.2) is 0 Å². The molecule has 2 N–H and O–H groups in total. The number of benzene rings is 1. The van der Waals surface area contributed by atoms with Crippen LogP contribution in [0.15, 0.2) is 24.3 Å². The van der Waals surface area contributed by atoms with Crippen LogP contribution in [0.2, 0.25) is 0 Å². The number of carbonyl (C=O) groups excluding carboxylic acids is 1. The van der Waals surface area contributed by atoms with Crippen LogP contribution in [0.3, 0.4) is 0 Å². The average Bonchev–Trinajstić information content (AvgIpc) is 2.28. The SMILES string of the molecule is COC(=O)C(N)Cc1ccccc1C(F)F.Cl. The Hall–Kier alpha value is -1.20. The van der Waals surface area contributed by atoms with Crippen molar-refractivity contribution in [3.8, 4) is 0 Å². The Balaban J connectivity index is 0.00000256. The summed E-state index contributed by atoms with van der Waals surface area (Å²) in [7, 11) is 1.21. The molecule has 0 aromatic heterocycles. The minimum absolute atomic E-state index is 0. The van der Waals surface area contributed by atoms with E-state index in [2.05, 4.69) is 4.74 Å². The summed E-state index contributed by atoms with van der Waals surface area (Å²) in [5.74, 6) is -0.607. The van der Waals surface area contributed by atoms with Crippen molar-refractivity contribution in [1.29, 1.82) is 0 Å². The van der Waals surface area contributed by atoms with Gasteiger partial charge in [-0.25, -0.2) is 8.78 Å². The van der Waals surface area contributed by atoms with E-state index >= 15 is 0 Å². The zero-order valence-electron chi connectivity index (χ0n) is 9.23. The molecule has 0 heterocycles. The van der Waals surface area contributed by atoms with Crippen LogP contribution < -0.4 is 5.73 Å². The van der Waals surface area contributed by atoms with Crippen LogP contribution >= 0.6 is 12.4 Å². The molecule has 0 spiro atoms. The number of carbonyl (C=O) groups is 1. The highest BCUT2D eigenvalue weighted by atomic mass is 35.5. The van der Waals surface area contributed by atoms with Crippen LogP contribution in [-0.2, 0) is 16.0 Å². The zero-order chi connectivity index (χ0) is 12.1. The van der Waals surface area contributed by atoms with Gasteiger partial charge in [0.25, 0.3) is 6.43 Å². The molecular formula is C11H14ClF2NO2. The maximum atomic E-state index is 12.6. The summed E-state index contributed by atoms with van der Waals surface area (Å²) < 4.78 is 29.6. The summed E-state index contributed by atoms with van der Waals surface area (Å²) in [5.41, 5.74) is 5.78. The molecule has 6 heteroatoms. The van der Waals surface area contributed by atoms with Gasteiger partial charge in [0.2, 0.25) is 0 Å². The summed E-state index contributed by atoms with van der Waals surface area (Å²) in [6, 6.07) is 5.10. The maximum absolute atomic E-state index is 12.6. The van der Waals surface area contributed by atoms with Gasteiger partial charge >= 0.3 is 5.97 Å². The number of methoxy groups -OCH3 is 1. The lowest BCUT2D eigenvalue weighted by atomic mass is 10.0. The largest absolute Gasteiger partial charge is 0.468 e. The number of nitrogens with two attached hydrogens (primary N) is 1.